The van der Waals surface area contributed by atoms with E-state index in [4.69, 9.17) is 5.11 Å². The summed E-state index contributed by atoms with van der Waals surface area (Å²) in [5, 5.41) is 15.3. The van der Waals surface area contributed by atoms with Crippen LogP contribution in [-0.4, -0.2) is 26.8 Å². The Bertz CT molecular complexity index is 815. The van der Waals surface area contributed by atoms with E-state index >= 15 is 0 Å². The van der Waals surface area contributed by atoms with Crippen molar-refractivity contribution in [3.05, 3.63) is 42.2 Å². The molecule has 6 nitrogen and oxygen atoms in total. The van der Waals surface area contributed by atoms with Gasteiger partial charge in [0, 0.05) is 11.6 Å². The van der Waals surface area contributed by atoms with Gasteiger partial charge >= 0.3 is 12.1 Å². The molecule has 138 valence electrons. The third-order valence-electron chi connectivity index (χ3n) is 4.47. The van der Waals surface area contributed by atoms with E-state index in [0.717, 1.165) is 16.9 Å². The summed E-state index contributed by atoms with van der Waals surface area (Å²) in [4.78, 5) is 23.2. The summed E-state index contributed by atoms with van der Waals surface area (Å²) in [6.45, 7) is 0. The number of carbonyl (C=O) groups is 2. The Labute approximate surface area is 146 Å². The Morgan fingerprint density at radius 2 is 1.77 bits per heavy atom. The fraction of sp³-hybridized carbons (Fsp3) is 0.353. The molecule has 2 N–H and O–H groups in total. The van der Waals surface area contributed by atoms with Gasteiger partial charge in [0.25, 0.3) is 0 Å². The van der Waals surface area contributed by atoms with Crippen molar-refractivity contribution in [2.24, 2.45) is 11.8 Å². The van der Waals surface area contributed by atoms with Gasteiger partial charge < -0.3 is 10.4 Å². The van der Waals surface area contributed by atoms with Crippen molar-refractivity contribution in [1.82, 2.24) is 9.78 Å². The predicted molar refractivity (Wildman–Crippen MR) is 85.7 cm³/mol. The van der Waals surface area contributed by atoms with E-state index in [-0.39, 0.29) is 17.5 Å². The first-order valence-electron chi connectivity index (χ1n) is 8.01. The van der Waals surface area contributed by atoms with Crippen LogP contribution in [0, 0.1) is 11.8 Å². The van der Waals surface area contributed by atoms with E-state index in [2.05, 4.69) is 10.4 Å². The monoisotopic (exact) mass is 367 g/mol. The minimum absolute atomic E-state index is 0.215. The fourth-order valence-corrected chi connectivity index (χ4v) is 3.10. The molecule has 0 unspecified atom stereocenters. The summed E-state index contributed by atoms with van der Waals surface area (Å²) in [5.41, 5.74) is -0.245. The number of carboxylic acid groups (broad SMARTS) is 1. The van der Waals surface area contributed by atoms with Crippen LogP contribution in [0.1, 0.15) is 25.0 Å². The molecule has 0 radical (unpaired) electrons. The molecule has 1 aliphatic rings. The number of nitrogens with one attached hydrogen (secondary N) is 1. The molecule has 1 saturated carbocycles. The molecule has 1 aromatic carbocycles. The van der Waals surface area contributed by atoms with Crippen LogP contribution in [0.2, 0.25) is 0 Å². The van der Waals surface area contributed by atoms with Gasteiger partial charge in [0.15, 0.2) is 0 Å². The Morgan fingerprint density at radius 1 is 1.12 bits per heavy atom. The van der Waals surface area contributed by atoms with Crippen molar-refractivity contribution in [3.8, 4) is 5.69 Å². The van der Waals surface area contributed by atoms with E-state index in [1.54, 1.807) is 0 Å². The molecule has 1 aromatic heterocycles. The highest BCUT2D eigenvalue weighted by molar-refractivity contribution is 5.93. The van der Waals surface area contributed by atoms with Crippen molar-refractivity contribution < 1.29 is 27.9 Å². The van der Waals surface area contributed by atoms with Crippen LogP contribution < -0.4 is 5.32 Å². The second kappa shape index (κ2) is 6.81. The first-order valence-corrected chi connectivity index (χ1v) is 8.01. The third kappa shape index (κ3) is 3.71. The van der Waals surface area contributed by atoms with Gasteiger partial charge in [-0.2, -0.15) is 18.3 Å². The lowest BCUT2D eigenvalue weighted by molar-refractivity contribution is -0.143. The van der Waals surface area contributed by atoms with Crippen LogP contribution >= 0.6 is 0 Å². The second-order valence-electron chi connectivity index (χ2n) is 6.21. The van der Waals surface area contributed by atoms with E-state index in [9.17, 15) is 22.8 Å². The molecule has 9 heteroatoms. The van der Waals surface area contributed by atoms with Gasteiger partial charge in [0.2, 0.25) is 5.91 Å². The van der Waals surface area contributed by atoms with Crippen LogP contribution in [0.5, 0.6) is 0 Å². The maximum atomic E-state index is 12.9. The number of hydrogen-bond donors (Lipinski definition) is 2. The average molecular weight is 367 g/mol. The van der Waals surface area contributed by atoms with Crippen LogP contribution in [0.15, 0.2) is 36.5 Å². The molecular formula is C17H16F3N3O3. The van der Waals surface area contributed by atoms with Gasteiger partial charge in [-0.1, -0.05) is 0 Å². The zero-order valence-corrected chi connectivity index (χ0v) is 13.5. The summed E-state index contributed by atoms with van der Waals surface area (Å²) in [7, 11) is 0. The molecule has 3 rings (SSSR count). The number of amides is 1. The van der Waals surface area contributed by atoms with Crippen molar-refractivity contribution in [1.29, 1.82) is 0 Å². The van der Waals surface area contributed by atoms with E-state index in [1.807, 2.05) is 0 Å². The molecule has 1 amide bonds. The van der Waals surface area contributed by atoms with Crippen molar-refractivity contribution >= 4 is 17.6 Å². The normalized spacial score (nSPS) is 20.1. The van der Waals surface area contributed by atoms with E-state index < -0.39 is 23.8 Å². The molecule has 26 heavy (non-hydrogen) atoms. The largest absolute Gasteiger partial charge is 0.481 e. The Kier molecular flexibility index (Phi) is 4.71. The van der Waals surface area contributed by atoms with Crippen LogP contribution in [-0.2, 0) is 15.8 Å². The van der Waals surface area contributed by atoms with Crippen LogP contribution in [0.4, 0.5) is 18.9 Å². The number of nitrogens with zero attached hydrogens (tertiary/aromatic N) is 2. The highest BCUT2D eigenvalue weighted by atomic mass is 19.4. The molecular weight excluding hydrogens is 351 g/mol. The zero-order valence-electron chi connectivity index (χ0n) is 13.5. The molecule has 0 aliphatic heterocycles. The predicted octanol–water partition coefficient (Wildman–Crippen LogP) is 3.33. The lowest BCUT2D eigenvalue weighted by Gasteiger charge is -2.13. The average Bonchev–Trinajstić information content (AvgIpc) is 3.25. The van der Waals surface area contributed by atoms with Gasteiger partial charge in [-0.05, 0) is 49.6 Å². The van der Waals surface area contributed by atoms with Crippen LogP contribution in [0.3, 0.4) is 0 Å². The van der Waals surface area contributed by atoms with Gasteiger partial charge in [-0.3, -0.25) is 9.59 Å². The minimum Gasteiger partial charge on any atom is -0.481 e. The maximum absolute atomic E-state index is 12.9. The molecule has 1 heterocycles. The molecule has 2 aromatic rings. The first-order chi connectivity index (χ1) is 12.3. The van der Waals surface area contributed by atoms with Crippen molar-refractivity contribution in [3.63, 3.8) is 0 Å². The fourth-order valence-electron chi connectivity index (χ4n) is 3.10. The number of carboxylic acids is 1. The quantitative estimate of drug-likeness (QED) is 0.868. The molecule has 2 atom stereocenters. The highest BCUT2D eigenvalue weighted by Crippen LogP contribution is 2.32. The lowest BCUT2D eigenvalue weighted by Crippen LogP contribution is -2.21. The lowest BCUT2D eigenvalue weighted by atomic mass is 10.0. The third-order valence-corrected chi connectivity index (χ3v) is 4.47. The summed E-state index contributed by atoms with van der Waals surface area (Å²) < 4.78 is 39.5. The standard InChI is InChI=1S/C17H16F3N3O3/c18-17(19,20)14-7-8-21-23(14)13-5-3-12(4-6-13)22-15(24)10-1-2-11(9-10)16(25)26/h3-8,10-11H,1-2,9H2,(H,22,24)(H,25,26)/t10-,11+/m0/s1. The zero-order chi connectivity index (χ0) is 18.9. The van der Waals surface area contributed by atoms with E-state index in [1.165, 1.54) is 24.3 Å². The number of carbonyl (C=O) groups excluding carboxylic acids is 1. The van der Waals surface area contributed by atoms with Crippen molar-refractivity contribution in [2.75, 3.05) is 5.32 Å². The van der Waals surface area contributed by atoms with Gasteiger partial charge in [-0.15, -0.1) is 0 Å². The molecule has 1 fully saturated rings. The smallest absolute Gasteiger partial charge is 0.433 e. The number of alkyl halides is 3. The maximum Gasteiger partial charge on any atom is 0.433 e. The number of halogens is 3. The van der Waals surface area contributed by atoms with Gasteiger partial charge in [-0.25, -0.2) is 4.68 Å². The van der Waals surface area contributed by atoms with Gasteiger partial charge in [0.05, 0.1) is 17.8 Å². The summed E-state index contributed by atoms with van der Waals surface area (Å²) in [5.74, 6) is -2.06. The molecule has 0 spiro atoms. The minimum atomic E-state index is -4.52. The SMILES string of the molecule is O=C(O)[C@@H]1CC[C@H](C(=O)Nc2ccc(-n3nccc3C(F)(F)F)cc2)C1. The number of anilines is 1. The first kappa shape index (κ1) is 18.0. The summed E-state index contributed by atoms with van der Waals surface area (Å²) >= 11 is 0. The molecule has 0 bridgehead atoms. The molecule has 1 aliphatic carbocycles. The Hall–Kier alpha value is -2.84. The number of aliphatic carboxylic acids is 1. The number of benzene rings is 1. The number of aromatic nitrogens is 2. The second-order valence-corrected chi connectivity index (χ2v) is 6.21. The summed E-state index contributed by atoms with van der Waals surface area (Å²) in [6.07, 6.45) is -2.19. The highest BCUT2D eigenvalue weighted by Gasteiger charge is 2.35. The van der Waals surface area contributed by atoms with E-state index in [0.29, 0.717) is 24.9 Å². The number of rotatable bonds is 4. The van der Waals surface area contributed by atoms with Gasteiger partial charge in [0.1, 0.15) is 5.69 Å². The number of hydrogen-bond acceptors (Lipinski definition) is 3. The summed E-state index contributed by atoms with van der Waals surface area (Å²) in [6, 6.07) is 6.70. The molecule has 0 saturated heterocycles. The Morgan fingerprint density at radius 3 is 2.35 bits per heavy atom. The van der Waals surface area contributed by atoms with Crippen LogP contribution in [0.25, 0.3) is 5.69 Å². The topological polar surface area (TPSA) is 84.2 Å². The van der Waals surface area contributed by atoms with Crippen molar-refractivity contribution in [2.45, 2.75) is 25.4 Å². The Balaban J connectivity index is 1.68.